The molecule has 0 aliphatic carbocycles. The Hall–Kier alpha value is -4.94. The van der Waals surface area contributed by atoms with Gasteiger partial charge in [0.2, 0.25) is 5.82 Å². The Bertz CT molecular complexity index is 1760. The number of pyridine rings is 1. The lowest BCUT2D eigenvalue weighted by Gasteiger charge is -2.38. The van der Waals surface area contributed by atoms with E-state index in [1.165, 1.54) is 17.8 Å². The van der Waals surface area contributed by atoms with E-state index in [4.69, 9.17) is 10.7 Å². The summed E-state index contributed by atoms with van der Waals surface area (Å²) >= 11 is 0. The van der Waals surface area contributed by atoms with Crippen molar-refractivity contribution in [3.05, 3.63) is 60.2 Å². The number of nitrogens with one attached hydrogen (secondary N) is 1. The van der Waals surface area contributed by atoms with Crippen molar-refractivity contribution >= 4 is 23.2 Å². The van der Waals surface area contributed by atoms with Gasteiger partial charge >= 0.3 is 0 Å². The van der Waals surface area contributed by atoms with E-state index in [1.807, 2.05) is 40.9 Å². The van der Waals surface area contributed by atoms with Crippen molar-refractivity contribution in [1.82, 2.24) is 49.4 Å². The molecule has 208 valence electrons. The van der Waals surface area contributed by atoms with E-state index in [-0.39, 0.29) is 41.3 Å². The van der Waals surface area contributed by atoms with Crippen molar-refractivity contribution in [3.63, 3.8) is 0 Å². The Morgan fingerprint density at radius 1 is 1.10 bits per heavy atom. The number of hydrogen-bond donors (Lipinski definition) is 2. The molecule has 0 spiro atoms. The Balaban J connectivity index is 1.25. The zero-order chi connectivity index (χ0) is 28.2. The molecule has 0 saturated carbocycles. The molecule has 2 aliphatic heterocycles. The van der Waals surface area contributed by atoms with Crippen LogP contribution in [0.4, 0.5) is 5.82 Å². The number of H-pyrrole nitrogens is 1. The summed E-state index contributed by atoms with van der Waals surface area (Å²) in [5.74, 6) is 0.184. The van der Waals surface area contributed by atoms with Crippen LogP contribution >= 0.6 is 0 Å². The van der Waals surface area contributed by atoms with Gasteiger partial charge in [-0.25, -0.2) is 4.98 Å². The minimum atomic E-state index is -0.158. The van der Waals surface area contributed by atoms with Gasteiger partial charge in [-0.2, -0.15) is 14.7 Å². The summed E-state index contributed by atoms with van der Waals surface area (Å²) in [5.41, 5.74) is 11.4. The average molecular weight is 552 g/mol. The molecule has 2 fully saturated rings. The molecule has 3 N–H and O–H groups in total. The zero-order valence-corrected chi connectivity index (χ0v) is 22.7. The number of aromatic amines is 1. The van der Waals surface area contributed by atoms with E-state index in [0.717, 1.165) is 41.9 Å². The molecule has 13 heteroatoms. The fourth-order valence-corrected chi connectivity index (χ4v) is 6.44. The third-order valence-corrected chi connectivity index (χ3v) is 8.34. The quantitative estimate of drug-likeness (QED) is 0.301. The standard InChI is InChI=1S/C28H29N11O2/c1-3-37-9-8-22(36-37)21-7-4-16(12-30-21)20-13-33-39-25(29)23(15(2)40)24(34-27(20)39)17-10-18-5-6-19(11-17)38(18)28(41)26-31-14-32-35-26/h4,7-9,12-14,17-19H,3,5-6,10-11,29H2,1-2H3,(H,31,32,35)/t17-,18+,19-. The lowest BCUT2D eigenvalue weighted by Crippen LogP contribution is -2.46. The molecule has 5 aromatic heterocycles. The van der Waals surface area contributed by atoms with Gasteiger partial charge in [0.05, 0.1) is 23.1 Å². The third-order valence-electron chi connectivity index (χ3n) is 8.34. The zero-order valence-electron chi connectivity index (χ0n) is 22.7. The number of aryl methyl sites for hydroxylation is 1. The lowest BCUT2D eigenvalue weighted by molar-refractivity contribution is 0.0556. The molecule has 2 aliphatic rings. The first-order chi connectivity index (χ1) is 19.9. The molecule has 7 heterocycles. The maximum absolute atomic E-state index is 13.1. The highest BCUT2D eigenvalue weighted by Crippen LogP contribution is 2.45. The minimum absolute atomic E-state index is 0.0210. The van der Waals surface area contributed by atoms with Crippen molar-refractivity contribution in [2.24, 2.45) is 0 Å². The van der Waals surface area contributed by atoms with Crippen LogP contribution in [0.25, 0.3) is 28.2 Å². The SMILES string of the molecule is CCn1ccc(-c2ccc(-c3cnn4c(N)c(C(C)=O)c([C@H]5C[C@H]6CC[C@@H](C5)N6C(=O)c5nnc[nH]5)nc34)cn2)n1. The molecule has 2 saturated heterocycles. The van der Waals surface area contributed by atoms with Gasteiger partial charge in [0, 0.05) is 48.1 Å². The second-order valence-corrected chi connectivity index (χ2v) is 10.7. The molecule has 3 atom stereocenters. The number of anilines is 1. The fraction of sp³-hybridized carbons (Fsp3) is 0.357. The number of Topliss-reactive ketones (excluding diaryl/α,β-unsaturated/α-hetero) is 1. The van der Waals surface area contributed by atoms with Gasteiger partial charge < -0.3 is 15.6 Å². The summed E-state index contributed by atoms with van der Waals surface area (Å²) in [5, 5.41) is 16.7. The van der Waals surface area contributed by atoms with Gasteiger partial charge in [0.25, 0.3) is 5.91 Å². The smallest absolute Gasteiger partial charge is 0.292 e. The molecule has 13 nitrogen and oxygen atoms in total. The molecular weight excluding hydrogens is 522 g/mol. The van der Waals surface area contributed by atoms with E-state index in [0.29, 0.717) is 29.7 Å². The molecule has 1 amide bonds. The number of amides is 1. The molecule has 7 rings (SSSR count). The van der Waals surface area contributed by atoms with Crippen LogP contribution in [0, 0.1) is 0 Å². The molecule has 5 aromatic rings. The number of nitrogens with zero attached hydrogens (tertiary/aromatic N) is 9. The van der Waals surface area contributed by atoms with E-state index in [2.05, 4.69) is 30.4 Å². The fourth-order valence-electron chi connectivity index (χ4n) is 6.44. The van der Waals surface area contributed by atoms with Crippen LogP contribution in [0.3, 0.4) is 0 Å². The molecule has 0 aromatic carbocycles. The number of nitrogen functional groups attached to an aromatic ring is 1. The number of piperidine rings is 1. The number of nitrogens with two attached hydrogens (primary N) is 1. The summed E-state index contributed by atoms with van der Waals surface area (Å²) in [6, 6.07) is 5.87. The monoisotopic (exact) mass is 551 g/mol. The van der Waals surface area contributed by atoms with E-state index in [9.17, 15) is 9.59 Å². The van der Waals surface area contributed by atoms with E-state index >= 15 is 0 Å². The van der Waals surface area contributed by atoms with Gasteiger partial charge in [-0.05, 0) is 51.7 Å². The van der Waals surface area contributed by atoms with Crippen molar-refractivity contribution in [2.45, 2.75) is 64.1 Å². The van der Waals surface area contributed by atoms with Gasteiger partial charge in [-0.15, -0.1) is 10.2 Å². The number of ketones is 1. The number of carbonyl (C=O) groups is 2. The number of hydrogen-bond acceptors (Lipinski definition) is 9. The summed E-state index contributed by atoms with van der Waals surface area (Å²) < 4.78 is 3.39. The normalized spacial score (nSPS) is 20.1. The Kier molecular flexibility index (Phi) is 5.87. The lowest BCUT2D eigenvalue weighted by atomic mass is 9.85. The second-order valence-electron chi connectivity index (χ2n) is 10.7. The minimum Gasteiger partial charge on any atom is -0.383 e. The van der Waals surface area contributed by atoms with Crippen LogP contribution in [0.5, 0.6) is 0 Å². The Morgan fingerprint density at radius 2 is 1.90 bits per heavy atom. The molecular formula is C28H29N11O2. The van der Waals surface area contributed by atoms with Crippen LogP contribution < -0.4 is 5.73 Å². The van der Waals surface area contributed by atoms with Crippen LogP contribution in [0.1, 0.15) is 72.1 Å². The van der Waals surface area contributed by atoms with Gasteiger partial charge in [-0.1, -0.05) is 6.07 Å². The molecule has 41 heavy (non-hydrogen) atoms. The number of rotatable bonds is 6. The first-order valence-electron chi connectivity index (χ1n) is 13.8. The average Bonchev–Trinajstić information content (AvgIpc) is 3.79. The molecule has 0 radical (unpaired) electrons. The van der Waals surface area contributed by atoms with Crippen LogP contribution in [0.2, 0.25) is 0 Å². The largest absolute Gasteiger partial charge is 0.383 e. The first-order valence-corrected chi connectivity index (χ1v) is 13.8. The van der Waals surface area contributed by atoms with Crippen molar-refractivity contribution in [1.29, 1.82) is 0 Å². The molecule has 0 unspecified atom stereocenters. The van der Waals surface area contributed by atoms with E-state index in [1.54, 1.807) is 12.4 Å². The Morgan fingerprint density at radius 3 is 2.54 bits per heavy atom. The summed E-state index contributed by atoms with van der Waals surface area (Å²) in [6.45, 7) is 4.33. The summed E-state index contributed by atoms with van der Waals surface area (Å²) in [4.78, 5) is 40.5. The molecule has 2 bridgehead atoms. The highest BCUT2D eigenvalue weighted by Gasteiger charge is 2.45. The summed E-state index contributed by atoms with van der Waals surface area (Å²) in [6.07, 6.45) is 9.97. The van der Waals surface area contributed by atoms with Crippen molar-refractivity contribution in [3.8, 4) is 22.5 Å². The topological polar surface area (TPSA) is 166 Å². The maximum atomic E-state index is 13.1. The van der Waals surface area contributed by atoms with Gasteiger partial charge in [0.15, 0.2) is 11.4 Å². The van der Waals surface area contributed by atoms with Gasteiger partial charge in [0.1, 0.15) is 17.8 Å². The van der Waals surface area contributed by atoms with Gasteiger partial charge in [-0.3, -0.25) is 19.3 Å². The van der Waals surface area contributed by atoms with Crippen molar-refractivity contribution in [2.75, 3.05) is 5.73 Å². The van der Waals surface area contributed by atoms with E-state index < -0.39 is 0 Å². The predicted molar refractivity (Wildman–Crippen MR) is 149 cm³/mol. The third kappa shape index (κ3) is 4.07. The predicted octanol–water partition coefficient (Wildman–Crippen LogP) is 3.13. The van der Waals surface area contributed by atoms with Crippen LogP contribution in [0.15, 0.2) is 43.1 Å². The number of carbonyl (C=O) groups excluding carboxylic acids is 2. The first kappa shape index (κ1) is 25.1. The van der Waals surface area contributed by atoms with Crippen LogP contribution in [-0.4, -0.2) is 73.2 Å². The number of fused-ring (bicyclic) bond motifs is 3. The number of aromatic nitrogens is 9. The highest BCUT2D eigenvalue weighted by atomic mass is 16.2. The highest BCUT2D eigenvalue weighted by molar-refractivity contribution is 6.00. The maximum Gasteiger partial charge on any atom is 0.292 e. The van der Waals surface area contributed by atoms with Crippen LogP contribution in [-0.2, 0) is 6.54 Å². The van der Waals surface area contributed by atoms with Crippen molar-refractivity contribution < 1.29 is 9.59 Å². The summed E-state index contributed by atoms with van der Waals surface area (Å²) in [7, 11) is 0. The second kappa shape index (κ2) is 9.61. The Labute approximate surface area is 234 Å².